The fraction of sp³-hybridized carbons (Fsp3) is 0.211. The first-order valence-corrected chi connectivity index (χ1v) is 8.33. The van der Waals surface area contributed by atoms with E-state index in [1.165, 1.54) is 0 Å². The van der Waals surface area contributed by atoms with Gasteiger partial charge in [0.1, 0.15) is 5.75 Å². The van der Waals surface area contributed by atoms with Gasteiger partial charge in [-0.1, -0.05) is 11.2 Å². The maximum atomic E-state index is 12.1. The lowest BCUT2D eigenvalue weighted by Crippen LogP contribution is -2.24. The predicted octanol–water partition coefficient (Wildman–Crippen LogP) is 2.33. The third-order valence-corrected chi connectivity index (χ3v) is 4.05. The van der Waals surface area contributed by atoms with Crippen LogP contribution in [0, 0.1) is 0 Å². The van der Waals surface area contributed by atoms with Crippen LogP contribution in [0.3, 0.4) is 0 Å². The number of nitrogens with one attached hydrogen (secondary N) is 1. The second kappa shape index (κ2) is 7.36. The summed E-state index contributed by atoms with van der Waals surface area (Å²) in [7, 11) is 1.60. The minimum Gasteiger partial charge on any atom is -0.497 e. The highest BCUT2D eigenvalue weighted by molar-refractivity contribution is 5.77. The molecule has 3 aromatic rings. The summed E-state index contributed by atoms with van der Waals surface area (Å²) in [5.74, 6) is 2.61. The van der Waals surface area contributed by atoms with Crippen molar-refractivity contribution < 1.29 is 23.5 Å². The lowest BCUT2D eigenvalue weighted by Gasteiger charge is -2.05. The van der Waals surface area contributed by atoms with E-state index in [0.29, 0.717) is 29.8 Å². The highest BCUT2D eigenvalue weighted by Crippen LogP contribution is 2.32. The quantitative estimate of drug-likeness (QED) is 0.714. The van der Waals surface area contributed by atoms with Crippen LogP contribution in [0.25, 0.3) is 11.5 Å². The van der Waals surface area contributed by atoms with Gasteiger partial charge in [0.15, 0.2) is 17.3 Å². The number of nitrogens with zero attached hydrogens (tertiary/aromatic N) is 2. The largest absolute Gasteiger partial charge is 0.497 e. The zero-order valence-corrected chi connectivity index (χ0v) is 14.6. The highest BCUT2D eigenvalue weighted by atomic mass is 16.7. The molecule has 0 fully saturated rings. The summed E-state index contributed by atoms with van der Waals surface area (Å²) in [5, 5.41) is 6.69. The molecule has 1 aliphatic rings. The topological polar surface area (TPSA) is 95.7 Å². The molecule has 27 heavy (non-hydrogen) atoms. The number of methoxy groups -OCH3 is 1. The molecule has 1 aliphatic heterocycles. The van der Waals surface area contributed by atoms with Crippen molar-refractivity contribution in [1.29, 1.82) is 0 Å². The van der Waals surface area contributed by atoms with E-state index >= 15 is 0 Å². The first-order valence-electron chi connectivity index (χ1n) is 8.33. The van der Waals surface area contributed by atoms with Crippen molar-refractivity contribution in [3.05, 3.63) is 53.9 Å². The van der Waals surface area contributed by atoms with Gasteiger partial charge in [0.2, 0.25) is 12.7 Å². The Balaban J connectivity index is 1.33. The van der Waals surface area contributed by atoms with E-state index in [1.807, 2.05) is 30.3 Å². The van der Waals surface area contributed by atoms with E-state index in [9.17, 15) is 4.79 Å². The third-order valence-electron chi connectivity index (χ3n) is 4.05. The second-order valence-corrected chi connectivity index (χ2v) is 5.89. The van der Waals surface area contributed by atoms with Crippen molar-refractivity contribution in [3.63, 3.8) is 0 Å². The SMILES string of the molecule is COc1ccc(-c2nc(CC(=O)NCc3ccc4c(c3)OCO4)no2)cc1. The van der Waals surface area contributed by atoms with Crippen LogP contribution >= 0.6 is 0 Å². The van der Waals surface area contributed by atoms with Gasteiger partial charge >= 0.3 is 0 Å². The Kier molecular flexibility index (Phi) is 4.61. The van der Waals surface area contributed by atoms with Gasteiger partial charge in [0, 0.05) is 12.1 Å². The van der Waals surface area contributed by atoms with Crippen LogP contribution in [0.1, 0.15) is 11.4 Å². The zero-order valence-electron chi connectivity index (χ0n) is 14.6. The number of fused-ring (bicyclic) bond motifs is 1. The van der Waals surface area contributed by atoms with E-state index < -0.39 is 0 Å². The van der Waals surface area contributed by atoms with Crippen molar-refractivity contribution in [2.45, 2.75) is 13.0 Å². The van der Waals surface area contributed by atoms with Crippen LogP contribution in [-0.2, 0) is 17.8 Å². The molecule has 1 N–H and O–H groups in total. The van der Waals surface area contributed by atoms with Crippen molar-refractivity contribution in [2.24, 2.45) is 0 Å². The summed E-state index contributed by atoms with van der Waals surface area (Å²) in [6.07, 6.45) is 0.0320. The zero-order chi connectivity index (χ0) is 18.6. The van der Waals surface area contributed by atoms with E-state index in [4.69, 9.17) is 18.7 Å². The van der Waals surface area contributed by atoms with E-state index in [2.05, 4.69) is 15.5 Å². The van der Waals surface area contributed by atoms with E-state index in [0.717, 1.165) is 16.9 Å². The number of amides is 1. The molecule has 1 amide bonds. The number of benzene rings is 2. The number of hydrogen-bond acceptors (Lipinski definition) is 7. The molecule has 0 spiro atoms. The third kappa shape index (κ3) is 3.84. The summed E-state index contributed by atoms with van der Waals surface area (Å²) < 4.78 is 20.9. The molecule has 0 saturated heterocycles. The summed E-state index contributed by atoms with van der Waals surface area (Å²) in [6, 6.07) is 12.8. The molecule has 0 radical (unpaired) electrons. The molecule has 8 heteroatoms. The fourth-order valence-corrected chi connectivity index (χ4v) is 2.63. The Morgan fingerprint density at radius 2 is 1.96 bits per heavy atom. The summed E-state index contributed by atoms with van der Waals surface area (Å²) in [5.41, 5.74) is 1.68. The first-order chi connectivity index (χ1) is 13.2. The Labute approximate surface area is 155 Å². The lowest BCUT2D eigenvalue weighted by molar-refractivity contribution is -0.120. The van der Waals surface area contributed by atoms with E-state index in [-0.39, 0.29) is 19.1 Å². The molecule has 0 bridgehead atoms. The van der Waals surface area contributed by atoms with Gasteiger partial charge < -0.3 is 24.1 Å². The molecule has 1 aromatic heterocycles. The predicted molar refractivity (Wildman–Crippen MR) is 94.4 cm³/mol. The minimum atomic E-state index is -0.199. The van der Waals surface area contributed by atoms with Crippen LogP contribution in [-0.4, -0.2) is 30.0 Å². The molecule has 8 nitrogen and oxygen atoms in total. The maximum Gasteiger partial charge on any atom is 0.257 e. The molecule has 2 heterocycles. The number of carbonyl (C=O) groups excluding carboxylic acids is 1. The van der Waals surface area contributed by atoms with Crippen LogP contribution in [0.15, 0.2) is 47.0 Å². The number of hydrogen-bond donors (Lipinski definition) is 1. The molecule has 0 saturated carbocycles. The molecule has 4 rings (SSSR count). The molecule has 138 valence electrons. The Morgan fingerprint density at radius 3 is 2.78 bits per heavy atom. The van der Waals surface area contributed by atoms with Gasteiger partial charge in [0.05, 0.1) is 13.5 Å². The van der Waals surface area contributed by atoms with Crippen LogP contribution < -0.4 is 19.5 Å². The maximum absolute atomic E-state index is 12.1. The first kappa shape index (κ1) is 16.9. The highest BCUT2D eigenvalue weighted by Gasteiger charge is 2.15. The Hall–Kier alpha value is -3.55. The van der Waals surface area contributed by atoms with Crippen LogP contribution in [0.4, 0.5) is 0 Å². The lowest BCUT2D eigenvalue weighted by atomic mass is 10.2. The van der Waals surface area contributed by atoms with Crippen molar-refractivity contribution >= 4 is 5.91 Å². The van der Waals surface area contributed by atoms with Crippen LogP contribution in [0.5, 0.6) is 17.2 Å². The monoisotopic (exact) mass is 367 g/mol. The average molecular weight is 367 g/mol. The normalized spacial score (nSPS) is 12.0. The summed E-state index contributed by atoms with van der Waals surface area (Å²) in [6.45, 7) is 0.595. The van der Waals surface area contributed by atoms with Gasteiger partial charge in [-0.25, -0.2) is 0 Å². The molecule has 0 aliphatic carbocycles. The summed E-state index contributed by atoms with van der Waals surface area (Å²) >= 11 is 0. The fourth-order valence-electron chi connectivity index (χ4n) is 2.63. The second-order valence-electron chi connectivity index (χ2n) is 5.89. The molecule has 0 atom stereocenters. The van der Waals surface area contributed by atoms with E-state index in [1.54, 1.807) is 19.2 Å². The number of rotatable bonds is 6. The summed E-state index contributed by atoms with van der Waals surface area (Å²) in [4.78, 5) is 16.4. The van der Waals surface area contributed by atoms with Gasteiger partial charge in [0.25, 0.3) is 5.89 Å². The molecule has 2 aromatic carbocycles. The molecular weight excluding hydrogens is 350 g/mol. The van der Waals surface area contributed by atoms with Crippen LogP contribution in [0.2, 0.25) is 0 Å². The average Bonchev–Trinajstić information content (AvgIpc) is 3.35. The van der Waals surface area contributed by atoms with Crippen molar-refractivity contribution in [2.75, 3.05) is 13.9 Å². The standard InChI is InChI=1S/C19H17N3O5/c1-24-14-5-3-13(4-6-14)19-21-17(22-27-19)9-18(23)20-10-12-2-7-15-16(8-12)26-11-25-15/h2-8H,9-11H2,1H3,(H,20,23). The Morgan fingerprint density at radius 1 is 1.15 bits per heavy atom. The Bertz CT molecular complexity index is 952. The number of aromatic nitrogens is 2. The van der Waals surface area contributed by atoms with Gasteiger partial charge in [-0.2, -0.15) is 4.98 Å². The molecule has 0 unspecified atom stereocenters. The van der Waals surface area contributed by atoms with Crippen molar-refractivity contribution in [1.82, 2.24) is 15.5 Å². The van der Waals surface area contributed by atoms with Crippen molar-refractivity contribution in [3.8, 4) is 28.7 Å². The smallest absolute Gasteiger partial charge is 0.257 e. The van der Waals surface area contributed by atoms with Gasteiger partial charge in [-0.3, -0.25) is 4.79 Å². The number of ether oxygens (including phenoxy) is 3. The number of carbonyl (C=O) groups is 1. The van der Waals surface area contributed by atoms with Gasteiger partial charge in [-0.15, -0.1) is 0 Å². The molecular formula is C19H17N3O5. The minimum absolute atomic E-state index is 0.0320. The van der Waals surface area contributed by atoms with Gasteiger partial charge in [-0.05, 0) is 42.0 Å².